The zero-order chi connectivity index (χ0) is 27.0. The predicted molar refractivity (Wildman–Crippen MR) is 148 cm³/mol. The highest BCUT2D eigenvalue weighted by molar-refractivity contribution is 6.32. The molecule has 0 saturated carbocycles. The van der Waals surface area contributed by atoms with Crippen LogP contribution in [0.5, 0.6) is 5.75 Å². The number of aromatic hydroxyl groups is 1. The minimum absolute atomic E-state index is 0.00588. The number of nitrogens with zero attached hydrogens (tertiary/aromatic N) is 2. The molecule has 2 fully saturated rings. The number of pyridine rings is 1. The molecule has 2 aliphatic heterocycles. The molecule has 2 saturated heterocycles. The summed E-state index contributed by atoms with van der Waals surface area (Å²) in [4.78, 5) is 32.6. The van der Waals surface area contributed by atoms with Gasteiger partial charge in [-0.15, -0.1) is 0 Å². The lowest BCUT2D eigenvalue weighted by atomic mass is 9.67. The fraction of sp³-hybridized carbons (Fsp3) is 0.452. The number of carbonyl (C=O) groups excluding carboxylic acids is 2. The Morgan fingerprint density at radius 2 is 2.03 bits per heavy atom. The van der Waals surface area contributed by atoms with E-state index >= 15 is 0 Å². The molecule has 5 rings (SSSR count). The Morgan fingerprint density at radius 3 is 2.71 bits per heavy atom. The van der Waals surface area contributed by atoms with Crippen molar-refractivity contribution >= 4 is 35.1 Å². The zero-order valence-corrected chi connectivity index (χ0v) is 22.9. The van der Waals surface area contributed by atoms with Gasteiger partial charge in [-0.3, -0.25) is 19.5 Å². The number of hydrogen-bond donors (Lipinski definition) is 1. The summed E-state index contributed by atoms with van der Waals surface area (Å²) in [5, 5.41) is 10.2. The van der Waals surface area contributed by atoms with E-state index in [1.165, 1.54) is 22.1 Å². The third kappa shape index (κ3) is 4.92. The third-order valence-corrected chi connectivity index (χ3v) is 8.49. The van der Waals surface area contributed by atoms with E-state index in [4.69, 9.17) is 16.3 Å². The highest BCUT2D eigenvalue weighted by Crippen LogP contribution is 2.51. The van der Waals surface area contributed by atoms with E-state index < -0.39 is 0 Å². The number of aromatic nitrogens is 1. The molecule has 38 heavy (non-hydrogen) atoms. The SMILES string of the molecule is CCCN1C(=O)[C@@H]2[C@@H](CC(C(C)C)=C3[C@@H](CC/C(=C/c4ccc(O)cc4Cl)c4ccccn4)OC[C@@H]32)C1=O. The molecular weight excluding hydrogens is 500 g/mol. The summed E-state index contributed by atoms with van der Waals surface area (Å²) in [5.74, 6) is -0.230. The second-order valence-corrected chi connectivity index (χ2v) is 11.3. The number of likely N-dealkylation sites (tertiary alicyclic amines) is 1. The molecule has 3 aliphatic rings. The van der Waals surface area contributed by atoms with Gasteiger partial charge < -0.3 is 9.84 Å². The summed E-state index contributed by atoms with van der Waals surface area (Å²) in [6.07, 6.45) is 6.53. The minimum atomic E-state index is -0.307. The van der Waals surface area contributed by atoms with Crippen LogP contribution in [0.2, 0.25) is 5.02 Å². The molecule has 4 atom stereocenters. The van der Waals surface area contributed by atoms with Gasteiger partial charge in [-0.1, -0.05) is 44.0 Å². The van der Waals surface area contributed by atoms with Crippen molar-refractivity contribution in [2.24, 2.45) is 23.7 Å². The maximum atomic E-state index is 13.4. The predicted octanol–water partition coefficient (Wildman–Crippen LogP) is 6.14. The van der Waals surface area contributed by atoms with E-state index in [-0.39, 0.29) is 47.3 Å². The van der Waals surface area contributed by atoms with Crippen LogP contribution in [0.15, 0.2) is 53.7 Å². The standard InChI is InChI=1S/C31H35ClN2O4/c1-4-13-34-30(36)23-16-22(18(2)3)28-24(29(23)31(34)37)17-38-27(28)11-9-20(26-7-5-6-12-33-26)14-19-8-10-21(35)15-25(19)32/h5-8,10,12,14-15,18,23-24,27,29,35H,4,9,11,13,16-17H2,1-3H3/b20-14-/t23-,24+,27-,29-/m1/s1. The number of ether oxygens (including phenoxy) is 1. The van der Waals surface area contributed by atoms with Crippen LogP contribution in [0.1, 0.15) is 57.7 Å². The molecule has 1 N–H and O–H groups in total. The quantitative estimate of drug-likeness (QED) is 0.325. The summed E-state index contributed by atoms with van der Waals surface area (Å²) >= 11 is 6.42. The Balaban J connectivity index is 1.44. The molecule has 0 unspecified atom stereocenters. The van der Waals surface area contributed by atoms with Gasteiger partial charge in [0.2, 0.25) is 11.8 Å². The van der Waals surface area contributed by atoms with Crippen LogP contribution in [0.25, 0.3) is 11.6 Å². The number of phenols is 1. The Kier molecular flexibility index (Phi) is 7.73. The molecule has 200 valence electrons. The number of halogens is 1. The highest BCUT2D eigenvalue weighted by Gasteiger charge is 2.56. The Hall–Kier alpha value is -2.96. The van der Waals surface area contributed by atoms with E-state index in [2.05, 4.69) is 18.8 Å². The topological polar surface area (TPSA) is 79.7 Å². The molecule has 0 spiro atoms. The maximum absolute atomic E-state index is 13.4. The lowest BCUT2D eigenvalue weighted by Gasteiger charge is -2.33. The average molecular weight is 535 g/mol. The molecule has 1 aliphatic carbocycles. The number of hydrogen-bond acceptors (Lipinski definition) is 5. The molecule has 6 nitrogen and oxygen atoms in total. The maximum Gasteiger partial charge on any atom is 0.233 e. The summed E-state index contributed by atoms with van der Waals surface area (Å²) < 4.78 is 6.40. The molecule has 1 aromatic heterocycles. The van der Waals surface area contributed by atoms with E-state index in [1.54, 1.807) is 18.3 Å². The first kappa shape index (κ1) is 26.6. The molecule has 2 aromatic rings. The summed E-state index contributed by atoms with van der Waals surface area (Å²) in [6, 6.07) is 10.8. The van der Waals surface area contributed by atoms with Crippen molar-refractivity contribution in [2.75, 3.05) is 13.2 Å². The van der Waals surface area contributed by atoms with E-state index in [1.807, 2.05) is 31.2 Å². The number of imide groups is 1. The van der Waals surface area contributed by atoms with E-state index in [0.717, 1.165) is 29.7 Å². The van der Waals surface area contributed by atoms with Crippen molar-refractivity contribution in [3.63, 3.8) is 0 Å². The summed E-state index contributed by atoms with van der Waals surface area (Å²) in [7, 11) is 0. The number of fused-ring (bicyclic) bond motifs is 3. The monoisotopic (exact) mass is 534 g/mol. The van der Waals surface area contributed by atoms with Crippen LogP contribution in [0.4, 0.5) is 0 Å². The molecule has 3 heterocycles. The van der Waals surface area contributed by atoms with Gasteiger partial charge in [-0.25, -0.2) is 0 Å². The molecular formula is C31H35ClN2O4. The van der Waals surface area contributed by atoms with Crippen molar-refractivity contribution < 1.29 is 19.4 Å². The first-order valence-electron chi connectivity index (χ1n) is 13.6. The van der Waals surface area contributed by atoms with Gasteiger partial charge in [0.1, 0.15) is 5.75 Å². The normalized spacial score (nSPS) is 25.4. The fourth-order valence-corrected chi connectivity index (χ4v) is 6.63. The largest absolute Gasteiger partial charge is 0.508 e. The number of amides is 2. The van der Waals surface area contributed by atoms with Crippen molar-refractivity contribution in [2.45, 2.75) is 52.6 Å². The van der Waals surface area contributed by atoms with Crippen LogP contribution in [-0.2, 0) is 14.3 Å². The van der Waals surface area contributed by atoms with E-state index in [9.17, 15) is 14.7 Å². The van der Waals surface area contributed by atoms with E-state index in [0.29, 0.717) is 31.0 Å². The van der Waals surface area contributed by atoms with Crippen LogP contribution in [0, 0.1) is 23.7 Å². The summed E-state index contributed by atoms with van der Waals surface area (Å²) in [5.41, 5.74) is 5.21. The Morgan fingerprint density at radius 1 is 1.21 bits per heavy atom. The van der Waals surface area contributed by atoms with Gasteiger partial charge in [0.15, 0.2) is 0 Å². The fourth-order valence-electron chi connectivity index (χ4n) is 6.40. The highest BCUT2D eigenvalue weighted by atomic mass is 35.5. The van der Waals surface area contributed by atoms with Gasteiger partial charge in [0, 0.05) is 18.7 Å². The average Bonchev–Trinajstić information content (AvgIpc) is 3.42. The number of carbonyl (C=O) groups is 2. The van der Waals surface area contributed by atoms with Crippen molar-refractivity contribution in [1.82, 2.24) is 9.88 Å². The first-order valence-corrected chi connectivity index (χ1v) is 14.0. The van der Waals surface area contributed by atoms with Crippen LogP contribution in [-0.4, -0.2) is 46.1 Å². The zero-order valence-electron chi connectivity index (χ0n) is 22.2. The number of phenolic OH excluding ortho intramolecular Hbond substituents is 1. The smallest absolute Gasteiger partial charge is 0.233 e. The Bertz CT molecular complexity index is 1290. The second kappa shape index (κ2) is 11.0. The molecule has 1 aromatic carbocycles. The van der Waals surface area contributed by atoms with Gasteiger partial charge in [-0.05, 0) is 84.7 Å². The lowest BCUT2D eigenvalue weighted by Crippen LogP contribution is -2.35. The minimum Gasteiger partial charge on any atom is -0.508 e. The van der Waals surface area contributed by atoms with Crippen LogP contribution >= 0.6 is 11.6 Å². The number of benzene rings is 1. The lowest BCUT2D eigenvalue weighted by molar-refractivity contribution is -0.140. The first-order chi connectivity index (χ1) is 18.3. The Labute approximate surface area is 229 Å². The molecule has 0 radical (unpaired) electrons. The van der Waals surface area contributed by atoms with Crippen LogP contribution < -0.4 is 0 Å². The van der Waals surface area contributed by atoms with Crippen molar-refractivity contribution in [1.29, 1.82) is 0 Å². The van der Waals surface area contributed by atoms with Crippen LogP contribution in [0.3, 0.4) is 0 Å². The van der Waals surface area contributed by atoms with Gasteiger partial charge in [0.05, 0.1) is 35.3 Å². The summed E-state index contributed by atoms with van der Waals surface area (Å²) in [6.45, 7) is 7.31. The van der Waals surface area contributed by atoms with Gasteiger partial charge >= 0.3 is 0 Å². The number of allylic oxidation sites excluding steroid dienone is 2. The molecule has 0 bridgehead atoms. The third-order valence-electron chi connectivity index (χ3n) is 8.16. The molecule has 2 amide bonds. The second-order valence-electron chi connectivity index (χ2n) is 10.9. The van der Waals surface area contributed by atoms with Gasteiger partial charge in [-0.2, -0.15) is 0 Å². The van der Waals surface area contributed by atoms with Crippen molar-refractivity contribution in [3.8, 4) is 5.75 Å². The van der Waals surface area contributed by atoms with Gasteiger partial charge in [0.25, 0.3) is 0 Å². The number of rotatable bonds is 8. The van der Waals surface area contributed by atoms with Crippen molar-refractivity contribution in [3.05, 3.63) is 70.0 Å². The molecule has 7 heteroatoms.